The predicted octanol–water partition coefficient (Wildman–Crippen LogP) is 5.76. The maximum atomic E-state index is 13.6. The summed E-state index contributed by atoms with van der Waals surface area (Å²) in [5.74, 6) is -0.366. The fourth-order valence-corrected chi connectivity index (χ4v) is 2.63. The van der Waals surface area contributed by atoms with Gasteiger partial charge in [-0.05, 0) is 23.4 Å². The number of hydrogen-bond donors (Lipinski definition) is 0. The molecular formula is C14H11BrF4. The Bertz CT molecular complexity index is 577. The summed E-state index contributed by atoms with van der Waals surface area (Å²) in [4.78, 5) is -0.445. The van der Waals surface area contributed by atoms with Crippen LogP contribution in [0.4, 0.5) is 17.6 Å². The quantitative estimate of drug-likeness (QED) is 0.494. The van der Waals surface area contributed by atoms with Crippen molar-refractivity contribution in [2.75, 3.05) is 0 Å². The molecule has 19 heavy (non-hydrogen) atoms. The zero-order valence-electron chi connectivity index (χ0n) is 9.85. The first-order valence-corrected chi connectivity index (χ1v) is 6.68. The molecule has 5 heteroatoms. The monoisotopic (exact) mass is 334 g/mol. The Kier molecular flexibility index (Phi) is 4.13. The van der Waals surface area contributed by atoms with Crippen LogP contribution in [0, 0.1) is 5.82 Å². The van der Waals surface area contributed by atoms with Gasteiger partial charge in [-0.15, -0.1) is 0 Å². The molecule has 1 atom stereocenters. The number of benzene rings is 2. The Hall–Kier alpha value is -1.10. The summed E-state index contributed by atoms with van der Waals surface area (Å²) in [5, 5.41) is 1.07. The van der Waals surface area contributed by atoms with Crippen LogP contribution in [0.5, 0.6) is 0 Å². The Morgan fingerprint density at radius 3 is 2.26 bits per heavy atom. The molecule has 0 N–H and O–H groups in total. The van der Waals surface area contributed by atoms with Crippen molar-refractivity contribution in [3.8, 4) is 0 Å². The lowest BCUT2D eigenvalue weighted by Crippen LogP contribution is -2.08. The van der Waals surface area contributed by atoms with Crippen molar-refractivity contribution in [3.05, 3.63) is 47.8 Å². The van der Waals surface area contributed by atoms with Crippen LogP contribution in [0.15, 0.2) is 36.4 Å². The van der Waals surface area contributed by atoms with Crippen molar-refractivity contribution in [1.29, 1.82) is 0 Å². The number of fused-ring (bicyclic) bond motifs is 1. The third-order valence-electron chi connectivity index (χ3n) is 2.92. The SMILES string of the molecule is Fc1ccc(C(Br)CCC(F)(F)F)c2ccccc12. The Morgan fingerprint density at radius 1 is 1.00 bits per heavy atom. The van der Waals surface area contributed by atoms with E-state index in [1.807, 2.05) is 0 Å². The molecule has 0 aliphatic rings. The van der Waals surface area contributed by atoms with Gasteiger partial charge in [-0.3, -0.25) is 0 Å². The molecule has 0 aromatic heterocycles. The van der Waals surface area contributed by atoms with Gasteiger partial charge < -0.3 is 0 Å². The highest BCUT2D eigenvalue weighted by atomic mass is 79.9. The summed E-state index contributed by atoms with van der Waals surface area (Å²) < 4.78 is 50.3. The third-order valence-corrected chi connectivity index (χ3v) is 3.87. The van der Waals surface area contributed by atoms with Gasteiger partial charge in [-0.2, -0.15) is 13.2 Å². The highest BCUT2D eigenvalue weighted by Gasteiger charge is 2.28. The lowest BCUT2D eigenvalue weighted by molar-refractivity contribution is -0.135. The average Bonchev–Trinajstić information content (AvgIpc) is 2.36. The summed E-state index contributed by atoms with van der Waals surface area (Å²) in [6.07, 6.45) is -5.12. The molecule has 1 unspecified atom stereocenters. The van der Waals surface area contributed by atoms with Crippen molar-refractivity contribution >= 4 is 26.7 Å². The molecule has 0 bridgehead atoms. The maximum absolute atomic E-state index is 13.6. The topological polar surface area (TPSA) is 0 Å². The minimum absolute atomic E-state index is 0.0703. The molecule has 2 rings (SSSR count). The van der Waals surface area contributed by atoms with Crippen LogP contribution in [-0.2, 0) is 0 Å². The van der Waals surface area contributed by atoms with E-state index in [1.54, 1.807) is 24.3 Å². The first-order chi connectivity index (χ1) is 8.88. The molecule has 0 aliphatic heterocycles. The lowest BCUT2D eigenvalue weighted by Gasteiger charge is -2.14. The van der Waals surface area contributed by atoms with Crippen LogP contribution in [0.2, 0.25) is 0 Å². The van der Waals surface area contributed by atoms with Crippen molar-refractivity contribution in [3.63, 3.8) is 0 Å². The van der Waals surface area contributed by atoms with E-state index in [1.165, 1.54) is 12.1 Å². The van der Waals surface area contributed by atoms with Crippen LogP contribution in [-0.4, -0.2) is 6.18 Å². The van der Waals surface area contributed by atoms with Crippen molar-refractivity contribution < 1.29 is 17.6 Å². The Balaban J connectivity index is 2.32. The molecule has 0 spiro atoms. The second kappa shape index (κ2) is 5.49. The second-order valence-corrected chi connectivity index (χ2v) is 5.41. The van der Waals surface area contributed by atoms with E-state index < -0.39 is 17.4 Å². The highest BCUT2D eigenvalue weighted by molar-refractivity contribution is 9.09. The van der Waals surface area contributed by atoms with Gasteiger partial charge in [0.25, 0.3) is 0 Å². The first kappa shape index (κ1) is 14.3. The summed E-state index contributed by atoms with van der Waals surface area (Å²) in [7, 11) is 0. The highest BCUT2D eigenvalue weighted by Crippen LogP contribution is 2.36. The molecule has 0 heterocycles. The molecular weight excluding hydrogens is 324 g/mol. The first-order valence-electron chi connectivity index (χ1n) is 5.76. The summed E-state index contributed by atoms with van der Waals surface area (Å²) in [6, 6.07) is 9.61. The van der Waals surface area contributed by atoms with E-state index in [-0.39, 0.29) is 12.2 Å². The molecule has 0 amide bonds. The number of alkyl halides is 4. The minimum Gasteiger partial charge on any atom is -0.206 e. The third kappa shape index (κ3) is 3.47. The fourth-order valence-electron chi connectivity index (χ4n) is 2.00. The molecule has 2 aromatic rings. The van der Waals surface area contributed by atoms with Crippen molar-refractivity contribution in [1.82, 2.24) is 0 Å². The van der Waals surface area contributed by atoms with Crippen LogP contribution in [0.1, 0.15) is 23.2 Å². The lowest BCUT2D eigenvalue weighted by atomic mass is 9.99. The van der Waals surface area contributed by atoms with Crippen LogP contribution < -0.4 is 0 Å². The zero-order valence-corrected chi connectivity index (χ0v) is 11.4. The van der Waals surface area contributed by atoms with E-state index >= 15 is 0 Å². The number of halogens is 5. The van der Waals surface area contributed by atoms with Gasteiger partial charge >= 0.3 is 6.18 Å². The number of hydrogen-bond acceptors (Lipinski definition) is 0. The molecule has 102 valence electrons. The summed E-state index contributed by atoms with van der Waals surface area (Å²) in [5.41, 5.74) is 0.682. The van der Waals surface area contributed by atoms with Gasteiger partial charge in [-0.25, -0.2) is 4.39 Å². The normalized spacial score (nSPS) is 13.7. The standard InChI is InChI=1S/C14H11BrF4/c15-12(7-8-14(17,18)19)10-5-6-13(16)11-4-2-1-3-9(10)11/h1-6,12H,7-8H2. The largest absolute Gasteiger partial charge is 0.389 e. The van der Waals surface area contributed by atoms with E-state index in [4.69, 9.17) is 0 Å². The molecule has 0 saturated heterocycles. The van der Waals surface area contributed by atoms with Crippen LogP contribution >= 0.6 is 15.9 Å². The van der Waals surface area contributed by atoms with Gasteiger partial charge in [0.05, 0.1) is 0 Å². The zero-order chi connectivity index (χ0) is 14.0. The molecule has 2 aromatic carbocycles. The van der Waals surface area contributed by atoms with E-state index in [2.05, 4.69) is 15.9 Å². The molecule has 0 nitrogen and oxygen atoms in total. The van der Waals surface area contributed by atoms with Gasteiger partial charge in [0.1, 0.15) is 5.82 Å². The van der Waals surface area contributed by atoms with Crippen LogP contribution in [0.25, 0.3) is 10.8 Å². The fraction of sp³-hybridized carbons (Fsp3) is 0.286. The average molecular weight is 335 g/mol. The Labute approximate surface area is 116 Å². The molecule has 0 fully saturated rings. The minimum atomic E-state index is -4.18. The van der Waals surface area contributed by atoms with Crippen LogP contribution in [0.3, 0.4) is 0 Å². The van der Waals surface area contributed by atoms with Gasteiger partial charge in [0.15, 0.2) is 0 Å². The van der Waals surface area contributed by atoms with Gasteiger partial charge in [0, 0.05) is 16.6 Å². The smallest absolute Gasteiger partial charge is 0.206 e. The van der Waals surface area contributed by atoms with Gasteiger partial charge in [-0.1, -0.05) is 46.3 Å². The maximum Gasteiger partial charge on any atom is 0.389 e. The predicted molar refractivity (Wildman–Crippen MR) is 70.9 cm³/mol. The van der Waals surface area contributed by atoms with E-state index in [0.717, 1.165) is 0 Å². The van der Waals surface area contributed by atoms with E-state index in [0.29, 0.717) is 16.3 Å². The number of rotatable bonds is 3. The summed E-state index contributed by atoms with van der Waals surface area (Å²) >= 11 is 3.26. The van der Waals surface area contributed by atoms with Crippen molar-refractivity contribution in [2.24, 2.45) is 0 Å². The molecule has 0 radical (unpaired) electrons. The van der Waals surface area contributed by atoms with Gasteiger partial charge in [0.2, 0.25) is 0 Å². The second-order valence-electron chi connectivity index (χ2n) is 4.30. The van der Waals surface area contributed by atoms with Crippen molar-refractivity contribution in [2.45, 2.75) is 23.8 Å². The van der Waals surface area contributed by atoms with E-state index in [9.17, 15) is 17.6 Å². The Morgan fingerprint density at radius 2 is 1.63 bits per heavy atom. The summed E-state index contributed by atoms with van der Waals surface area (Å²) in [6.45, 7) is 0. The molecule has 0 aliphatic carbocycles. The molecule has 0 saturated carbocycles.